The summed E-state index contributed by atoms with van der Waals surface area (Å²) in [5.41, 5.74) is 0. The van der Waals surface area contributed by atoms with Crippen LogP contribution in [0.5, 0.6) is 0 Å². The van der Waals surface area contributed by atoms with Crippen LogP contribution in [0.25, 0.3) is 0 Å². The highest BCUT2D eigenvalue weighted by Gasteiger charge is 2.18. The molecule has 0 spiro atoms. The van der Waals surface area contributed by atoms with Gasteiger partial charge < -0.3 is 20.3 Å². The van der Waals surface area contributed by atoms with Gasteiger partial charge in [-0.05, 0) is 57.8 Å². The molecule has 2 unspecified atom stereocenters. The van der Waals surface area contributed by atoms with Gasteiger partial charge in [0.05, 0.1) is 25.4 Å². The van der Waals surface area contributed by atoms with Gasteiger partial charge >= 0.3 is 5.97 Å². The molecule has 0 saturated heterocycles. The third kappa shape index (κ3) is 59.6. The third-order valence-corrected chi connectivity index (χ3v) is 15.7. The fraction of sp³-hybridized carbons (Fsp3) is 0.912. The maximum absolute atomic E-state index is 12.5. The topological polar surface area (TPSA) is 95.9 Å². The van der Waals surface area contributed by atoms with E-state index in [0.717, 1.165) is 44.9 Å². The molecule has 0 aromatic carbocycles. The normalized spacial score (nSPS) is 12.6. The van der Waals surface area contributed by atoms with Gasteiger partial charge in [0.1, 0.15) is 0 Å². The molecule has 0 bridgehead atoms. The second-order valence-corrected chi connectivity index (χ2v) is 23.2. The first-order valence-corrected chi connectivity index (χ1v) is 33.6. The van der Waals surface area contributed by atoms with Crippen LogP contribution in [0.4, 0.5) is 0 Å². The van der Waals surface area contributed by atoms with E-state index in [1.165, 1.54) is 302 Å². The average molecular weight is 1040 g/mol. The zero-order chi connectivity index (χ0) is 53.6. The number of unbranched alkanes of at least 4 members (excludes halogenated alkanes) is 50. The van der Waals surface area contributed by atoms with Crippen LogP contribution < -0.4 is 5.32 Å². The lowest BCUT2D eigenvalue weighted by Gasteiger charge is -2.20. The van der Waals surface area contributed by atoms with Gasteiger partial charge in [0.15, 0.2) is 0 Å². The van der Waals surface area contributed by atoms with Crippen molar-refractivity contribution < 1.29 is 24.5 Å². The molecule has 0 radical (unpaired) electrons. The minimum atomic E-state index is -0.843. The van der Waals surface area contributed by atoms with E-state index in [1.54, 1.807) is 6.08 Å². The smallest absolute Gasteiger partial charge is 0.305 e. The Balaban J connectivity index is 3.37. The fourth-order valence-corrected chi connectivity index (χ4v) is 10.6. The Bertz CT molecular complexity index is 1150. The Kier molecular flexibility index (Phi) is 62.4. The summed E-state index contributed by atoms with van der Waals surface area (Å²) in [6.45, 7) is 4.92. The molecular formula is C68H131NO5. The summed E-state index contributed by atoms with van der Waals surface area (Å²) in [6, 6.07) is -0.626. The lowest BCUT2D eigenvalue weighted by molar-refractivity contribution is -0.143. The SMILES string of the molecule is CCCCCCC/C=C\CCCCCCCC(=O)OCCCCCCCCCCCCCCCCCCCCCCCCCCCCC(=O)NC(CO)C(O)/C=C/CCCCCCCCCCCCCCCCC. The minimum Gasteiger partial charge on any atom is -0.466 e. The number of carbonyl (C=O) groups excluding carboxylic acids is 2. The van der Waals surface area contributed by atoms with Crippen LogP contribution in [0, 0.1) is 0 Å². The van der Waals surface area contributed by atoms with Crippen LogP contribution in [0.2, 0.25) is 0 Å². The lowest BCUT2D eigenvalue weighted by atomic mass is 10.0. The van der Waals surface area contributed by atoms with E-state index < -0.39 is 12.1 Å². The number of aliphatic hydroxyl groups is 2. The number of ether oxygens (including phenoxy) is 1. The quantitative estimate of drug-likeness (QED) is 0.0320. The number of esters is 1. The molecule has 3 N–H and O–H groups in total. The van der Waals surface area contributed by atoms with Gasteiger partial charge in [0, 0.05) is 12.8 Å². The maximum atomic E-state index is 12.5. The van der Waals surface area contributed by atoms with Gasteiger partial charge in [0.2, 0.25) is 5.91 Å². The molecule has 0 fully saturated rings. The van der Waals surface area contributed by atoms with E-state index in [2.05, 4.69) is 31.3 Å². The number of hydrogen-bond donors (Lipinski definition) is 3. The van der Waals surface area contributed by atoms with Crippen molar-refractivity contribution in [3.8, 4) is 0 Å². The van der Waals surface area contributed by atoms with Gasteiger partial charge in [-0.3, -0.25) is 9.59 Å². The van der Waals surface area contributed by atoms with Gasteiger partial charge in [-0.1, -0.05) is 327 Å². The Morgan fingerprint density at radius 3 is 0.959 bits per heavy atom. The summed E-state index contributed by atoms with van der Waals surface area (Å²) >= 11 is 0. The van der Waals surface area contributed by atoms with Gasteiger partial charge in [-0.2, -0.15) is 0 Å². The maximum Gasteiger partial charge on any atom is 0.305 e. The van der Waals surface area contributed by atoms with Crippen molar-refractivity contribution >= 4 is 11.9 Å². The van der Waals surface area contributed by atoms with E-state index in [0.29, 0.717) is 19.4 Å². The first-order valence-electron chi connectivity index (χ1n) is 33.6. The first kappa shape index (κ1) is 72.3. The molecule has 0 rings (SSSR count). The number of carbonyl (C=O) groups is 2. The molecule has 0 saturated carbocycles. The predicted octanol–water partition coefficient (Wildman–Crippen LogP) is 21.4. The summed E-state index contributed by atoms with van der Waals surface area (Å²) < 4.78 is 5.48. The van der Waals surface area contributed by atoms with Crippen LogP contribution in [0.15, 0.2) is 24.3 Å². The third-order valence-electron chi connectivity index (χ3n) is 15.7. The Labute approximate surface area is 462 Å². The highest BCUT2D eigenvalue weighted by Crippen LogP contribution is 2.18. The molecule has 0 aliphatic carbocycles. The molecule has 0 aliphatic rings. The molecule has 0 aromatic rings. The highest BCUT2D eigenvalue weighted by atomic mass is 16.5. The van der Waals surface area contributed by atoms with Gasteiger partial charge in [-0.15, -0.1) is 0 Å². The van der Waals surface area contributed by atoms with E-state index in [9.17, 15) is 19.8 Å². The number of allylic oxidation sites excluding steroid dienone is 3. The van der Waals surface area contributed by atoms with Crippen molar-refractivity contribution in [1.82, 2.24) is 5.32 Å². The second kappa shape index (κ2) is 63.9. The van der Waals surface area contributed by atoms with Crippen molar-refractivity contribution in [2.24, 2.45) is 0 Å². The number of hydrogen-bond acceptors (Lipinski definition) is 5. The molecule has 0 aliphatic heterocycles. The van der Waals surface area contributed by atoms with Crippen molar-refractivity contribution in [3.63, 3.8) is 0 Å². The van der Waals surface area contributed by atoms with Crippen molar-refractivity contribution in [3.05, 3.63) is 24.3 Å². The summed E-state index contributed by atoms with van der Waals surface area (Å²) in [4.78, 5) is 24.5. The number of aliphatic hydroxyl groups excluding tert-OH is 2. The Morgan fingerprint density at radius 1 is 0.365 bits per heavy atom. The molecule has 438 valence electrons. The van der Waals surface area contributed by atoms with E-state index in [4.69, 9.17) is 4.74 Å². The lowest BCUT2D eigenvalue weighted by Crippen LogP contribution is -2.45. The number of rotatable bonds is 63. The Morgan fingerprint density at radius 2 is 0.635 bits per heavy atom. The number of nitrogens with one attached hydrogen (secondary N) is 1. The highest BCUT2D eigenvalue weighted by molar-refractivity contribution is 5.76. The molecular weight excluding hydrogens is 911 g/mol. The molecule has 6 heteroatoms. The second-order valence-electron chi connectivity index (χ2n) is 23.2. The summed E-state index contributed by atoms with van der Waals surface area (Å²) in [7, 11) is 0. The summed E-state index contributed by atoms with van der Waals surface area (Å²) in [5, 5.41) is 23.2. The van der Waals surface area contributed by atoms with Gasteiger partial charge in [-0.25, -0.2) is 0 Å². The van der Waals surface area contributed by atoms with Crippen LogP contribution in [-0.2, 0) is 14.3 Å². The zero-order valence-corrected chi connectivity index (χ0v) is 50.1. The van der Waals surface area contributed by atoms with Crippen LogP contribution >= 0.6 is 0 Å². The summed E-state index contributed by atoms with van der Waals surface area (Å²) in [6.07, 6.45) is 79.5. The average Bonchev–Trinajstić information content (AvgIpc) is 3.40. The first-order chi connectivity index (χ1) is 36.5. The van der Waals surface area contributed by atoms with Crippen molar-refractivity contribution in [2.75, 3.05) is 13.2 Å². The summed E-state index contributed by atoms with van der Waals surface area (Å²) in [5.74, 6) is -0.0541. The van der Waals surface area contributed by atoms with E-state index in [-0.39, 0.29) is 18.5 Å². The zero-order valence-electron chi connectivity index (χ0n) is 50.1. The van der Waals surface area contributed by atoms with Crippen molar-refractivity contribution in [2.45, 2.75) is 386 Å². The minimum absolute atomic E-state index is 0.00881. The molecule has 1 amide bonds. The van der Waals surface area contributed by atoms with E-state index in [1.807, 2.05) is 6.08 Å². The van der Waals surface area contributed by atoms with Crippen LogP contribution in [0.3, 0.4) is 0 Å². The number of amides is 1. The molecule has 2 atom stereocenters. The van der Waals surface area contributed by atoms with Crippen LogP contribution in [0.1, 0.15) is 373 Å². The standard InChI is InChI=1S/C68H131NO5/c1-3-5-7-9-11-13-15-17-19-30-33-36-40-44-48-52-56-60-66(71)65(64-70)69-67(72)61-57-53-49-45-41-37-34-31-28-26-24-22-20-21-23-25-27-29-32-35-39-43-47-51-55-59-63-74-68(73)62-58-54-50-46-42-38-18-16-14-12-10-8-6-4-2/h16,18,56,60,65-66,70-71H,3-15,17,19-55,57-59,61-64H2,1-2H3,(H,69,72)/b18-16-,60-56+. The Hall–Kier alpha value is -1.66. The molecule has 0 heterocycles. The largest absolute Gasteiger partial charge is 0.466 e. The monoisotopic (exact) mass is 1040 g/mol. The molecule has 0 aromatic heterocycles. The fourth-order valence-electron chi connectivity index (χ4n) is 10.6. The van der Waals surface area contributed by atoms with Crippen LogP contribution in [-0.4, -0.2) is 47.4 Å². The molecule has 74 heavy (non-hydrogen) atoms. The van der Waals surface area contributed by atoms with E-state index >= 15 is 0 Å². The van der Waals surface area contributed by atoms with Gasteiger partial charge in [0.25, 0.3) is 0 Å². The predicted molar refractivity (Wildman–Crippen MR) is 324 cm³/mol. The molecule has 6 nitrogen and oxygen atoms in total. The van der Waals surface area contributed by atoms with Crippen molar-refractivity contribution in [1.29, 1.82) is 0 Å².